The standard InChI is InChI=1S/C17H16F2N8O2/c18-15(19)14-12(8-21-25-14)23-17(28)11-7-22-27-4-2-13(24-16(11)27)26-5-6-29-10(9-26)1-3-20/h2,4,7-8,10,15H,1,5-6,9H2,(H,21,25)(H,23,28). The predicted molar refractivity (Wildman–Crippen MR) is 96.7 cm³/mol. The van der Waals surface area contributed by atoms with Crippen molar-refractivity contribution in [2.45, 2.75) is 19.0 Å². The van der Waals surface area contributed by atoms with Crippen molar-refractivity contribution in [1.82, 2.24) is 24.8 Å². The van der Waals surface area contributed by atoms with Gasteiger partial charge in [-0.3, -0.25) is 9.89 Å². The van der Waals surface area contributed by atoms with Gasteiger partial charge in [-0.15, -0.1) is 0 Å². The summed E-state index contributed by atoms with van der Waals surface area (Å²) in [7, 11) is 0. The van der Waals surface area contributed by atoms with Crippen LogP contribution in [0.25, 0.3) is 5.65 Å². The highest BCUT2D eigenvalue weighted by atomic mass is 19.3. The number of carbonyl (C=O) groups excluding carboxylic acids is 1. The molecular formula is C17H16F2N8O2. The zero-order valence-electron chi connectivity index (χ0n) is 15.0. The lowest BCUT2D eigenvalue weighted by atomic mass is 10.2. The lowest BCUT2D eigenvalue weighted by Gasteiger charge is -2.32. The number of amides is 1. The van der Waals surface area contributed by atoms with E-state index in [-0.39, 0.29) is 29.4 Å². The second kappa shape index (κ2) is 7.80. The fourth-order valence-corrected chi connectivity index (χ4v) is 3.11. The Bertz CT molecular complexity index is 1070. The number of halogens is 2. The minimum atomic E-state index is -2.83. The summed E-state index contributed by atoms with van der Waals surface area (Å²) in [6.07, 6.45) is 1.40. The second-order valence-electron chi connectivity index (χ2n) is 6.35. The minimum Gasteiger partial charge on any atom is -0.373 e. The number of alkyl halides is 2. The van der Waals surface area contributed by atoms with Gasteiger partial charge in [0.05, 0.1) is 37.1 Å². The first-order valence-corrected chi connectivity index (χ1v) is 8.78. The number of morpholine rings is 1. The van der Waals surface area contributed by atoms with Gasteiger partial charge in [-0.2, -0.15) is 15.5 Å². The summed E-state index contributed by atoms with van der Waals surface area (Å²) in [5.74, 6) is -0.0212. The van der Waals surface area contributed by atoms with Gasteiger partial charge in [0.1, 0.15) is 11.4 Å². The van der Waals surface area contributed by atoms with E-state index in [2.05, 4.69) is 31.7 Å². The quantitative estimate of drug-likeness (QED) is 0.666. The van der Waals surface area contributed by atoms with E-state index in [1.807, 2.05) is 4.90 Å². The molecule has 0 saturated carbocycles. The van der Waals surface area contributed by atoms with Crippen LogP contribution in [-0.2, 0) is 4.74 Å². The first-order valence-electron chi connectivity index (χ1n) is 8.78. The lowest BCUT2D eigenvalue weighted by molar-refractivity contribution is 0.0436. The number of rotatable bonds is 5. The van der Waals surface area contributed by atoms with Crippen LogP contribution in [0.2, 0.25) is 0 Å². The van der Waals surface area contributed by atoms with Crippen molar-refractivity contribution in [1.29, 1.82) is 5.26 Å². The van der Waals surface area contributed by atoms with Crippen LogP contribution in [-0.4, -0.2) is 56.5 Å². The van der Waals surface area contributed by atoms with Gasteiger partial charge in [0.15, 0.2) is 11.3 Å². The third kappa shape index (κ3) is 3.72. The van der Waals surface area contributed by atoms with Crippen LogP contribution in [0.5, 0.6) is 0 Å². The average Bonchev–Trinajstić information content (AvgIpc) is 3.34. The third-order valence-corrected chi connectivity index (χ3v) is 4.51. The van der Waals surface area contributed by atoms with Crippen LogP contribution in [0.1, 0.15) is 28.9 Å². The normalized spacial score (nSPS) is 16.9. The van der Waals surface area contributed by atoms with Crippen LogP contribution < -0.4 is 10.2 Å². The van der Waals surface area contributed by atoms with Gasteiger partial charge in [0, 0.05) is 25.5 Å². The van der Waals surface area contributed by atoms with Crippen LogP contribution >= 0.6 is 0 Å². The van der Waals surface area contributed by atoms with Crippen molar-refractivity contribution in [3.63, 3.8) is 0 Å². The number of fused-ring (bicyclic) bond motifs is 1. The molecule has 1 aliphatic heterocycles. The Kier molecular flexibility index (Phi) is 5.05. The van der Waals surface area contributed by atoms with E-state index in [1.54, 1.807) is 12.3 Å². The van der Waals surface area contributed by atoms with Gasteiger partial charge < -0.3 is 15.0 Å². The maximum absolute atomic E-state index is 13.0. The summed E-state index contributed by atoms with van der Waals surface area (Å²) >= 11 is 0. The summed E-state index contributed by atoms with van der Waals surface area (Å²) in [6.45, 7) is 1.55. The SMILES string of the molecule is N#CCC1CN(c2ccn3ncc(C(=O)Nc4c[nH]nc4C(F)F)c3n2)CCO1. The second-order valence-corrected chi connectivity index (χ2v) is 6.35. The molecule has 1 atom stereocenters. The van der Waals surface area contributed by atoms with E-state index in [4.69, 9.17) is 10.00 Å². The third-order valence-electron chi connectivity index (χ3n) is 4.51. The van der Waals surface area contributed by atoms with Crippen molar-refractivity contribution in [2.75, 3.05) is 29.9 Å². The summed E-state index contributed by atoms with van der Waals surface area (Å²) in [6, 6.07) is 3.84. The topological polar surface area (TPSA) is 124 Å². The smallest absolute Gasteiger partial charge is 0.284 e. The number of aromatic nitrogens is 5. The monoisotopic (exact) mass is 402 g/mol. The first kappa shape index (κ1) is 18.8. The predicted octanol–water partition coefficient (Wildman–Crippen LogP) is 1.76. The van der Waals surface area contributed by atoms with Crippen molar-refractivity contribution in [3.05, 3.63) is 35.9 Å². The van der Waals surface area contributed by atoms with E-state index in [1.165, 1.54) is 16.9 Å². The lowest BCUT2D eigenvalue weighted by Crippen LogP contribution is -2.42. The molecule has 3 aromatic rings. The van der Waals surface area contributed by atoms with E-state index in [9.17, 15) is 13.6 Å². The van der Waals surface area contributed by atoms with Gasteiger partial charge in [-0.05, 0) is 6.07 Å². The molecule has 0 aliphatic carbocycles. The van der Waals surface area contributed by atoms with E-state index < -0.39 is 18.0 Å². The summed E-state index contributed by atoms with van der Waals surface area (Å²) < 4.78 is 32.9. The van der Waals surface area contributed by atoms with Gasteiger partial charge in [-0.1, -0.05) is 0 Å². The molecule has 4 rings (SSSR count). The molecule has 1 saturated heterocycles. The highest BCUT2D eigenvalue weighted by Crippen LogP contribution is 2.25. The van der Waals surface area contributed by atoms with Crippen molar-refractivity contribution >= 4 is 23.1 Å². The van der Waals surface area contributed by atoms with Crippen LogP contribution in [0, 0.1) is 11.3 Å². The Morgan fingerprint density at radius 3 is 3.17 bits per heavy atom. The molecule has 1 aliphatic rings. The molecule has 4 heterocycles. The number of nitriles is 1. The summed E-state index contributed by atoms with van der Waals surface area (Å²) in [5.41, 5.74) is -0.228. The molecule has 150 valence electrons. The number of carbonyl (C=O) groups is 1. The molecule has 0 radical (unpaired) electrons. The van der Waals surface area contributed by atoms with Gasteiger partial charge in [0.2, 0.25) is 0 Å². The molecule has 1 fully saturated rings. The Balaban J connectivity index is 1.59. The molecule has 0 spiro atoms. The highest BCUT2D eigenvalue weighted by molar-refractivity contribution is 6.08. The van der Waals surface area contributed by atoms with Gasteiger partial charge >= 0.3 is 0 Å². The molecule has 1 amide bonds. The number of anilines is 2. The largest absolute Gasteiger partial charge is 0.373 e. The zero-order chi connectivity index (χ0) is 20.4. The number of aromatic amines is 1. The number of hydrogen-bond acceptors (Lipinski definition) is 7. The maximum Gasteiger partial charge on any atom is 0.284 e. The van der Waals surface area contributed by atoms with Crippen molar-refractivity contribution < 1.29 is 18.3 Å². The van der Waals surface area contributed by atoms with Gasteiger partial charge in [0.25, 0.3) is 12.3 Å². The van der Waals surface area contributed by atoms with E-state index >= 15 is 0 Å². The van der Waals surface area contributed by atoms with Gasteiger partial charge in [-0.25, -0.2) is 18.3 Å². The molecule has 1 unspecified atom stereocenters. The minimum absolute atomic E-state index is 0.104. The van der Waals surface area contributed by atoms with E-state index in [0.717, 1.165) is 0 Å². The van der Waals surface area contributed by atoms with Crippen molar-refractivity contribution in [3.8, 4) is 6.07 Å². The number of ether oxygens (including phenoxy) is 1. The Labute approximate surface area is 163 Å². The first-order chi connectivity index (χ1) is 14.1. The fourth-order valence-electron chi connectivity index (χ4n) is 3.11. The van der Waals surface area contributed by atoms with E-state index in [0.29, 0.717) is 25.5 Å². The number of nitrogens with zero attached hydrogens (tertiary/aromatic N) is 6. The van der Waals surface area contributed by atoms with Crippen LogP contribution in [0.3, 0.4) is 0 Å². The van der Waals surface area contributed by atoms with Crippen LogP contribution in [0.4, 0.5) is 20.3 Å². The number of H-pyrrole nitrogens is 1. The molecule has 2 N–H and O–H groups in total. The zero-order valence-corrected chi connectivity index (χ0v) is 15.0. The summed E-state index contributed by atoms with van der Waals surface area (Å²) in [4.78, 5) is 19.1. The average molecular weight is 402 g/mol. The molecule has 0 aromatic carbocycles. The Morgan fingerprint density at radius 2 is 2.38 bits per heavy atom. The van der Waals surface area contributed by atoms with Crippen LogP contribution in [0.15, 0.2) is 24.7 Å². The molecule has 3 aromatic heterocycles. The molecule has 10 nitrogen and oxygen atoms in total. The number of nitrogens with one attached hydrogen (secondary N) is 2. The fraction of sp³-hybridized carbons (Fsp3) is 0.353. The Hall–Kier alpha value is -3.59. The van der Waals surface area contributed by atoms with Crippen molar-refractivity contribution in [2.24, 2.45) is 0 Å². The Morgan fingerprint density at radius 1 is 1.52 bits per heavy atom. The molecule has 0 bridgehead atoms. The molecule has 12 heteroatoms. The maximum atomic E-state index is 13.0. The molecule has 29 heavy (non-hydrogen) atoms. The number of hydrogen-bond donors (Lipinski definition) is 2. The highest BCUT2D eigenvalue weighted by Gasteiger charge is 2.24. The molecular weight excluding hydrogens is 386 g/mol. The summed E-state index contributed by atoms with van der Waals surface area (Å²) in [5, 5.41) is 21.1.